The van der Waals surface area contributed by atoms with Gasteiger partial charge in [-0.3, -0.25) is 9.69 Å². The first-order chi connectivity index (χ1) is 15.8. The first kappa shape index (κ1) is 23.7. The Hall–Kier alpha value is -2.49. The molecule has 0 aromatic heterocycles. The molecule has 2 heterocycles. The number of halogens is 1. The normalized spacial score (nSPS) is 17.0. The fourth-order valence-electron chi connectivity index (χ4n) is 4.38. The van der Waals surface area contributed by atoms with Gasteiger partial charge in [-0.15, -0.1) is 0 Å². The molecule has 1 fully saturated rings. The molecule has 33 heavy (non-hydrogen) atoms. The van der Waals surface area contributed by atoms with Gasteiger partial charge in [0.1, 0.15) is 10.7 Å². The Morgan fingerprint density at radius 1 is 1.06 bits per heavy atom. The highest BCUT2D eigenvalue weighted by atomic mass is 32.2. The van der Waals surface area contributed by atoms with Crippen molar-refractivity contribution in [3.8, 4) is 0 Å². The third-order valence-electron chi connectivity index (χ3n) is 6.28. The van der Waals surface area contributed by atoms with E-state index in [1.54, 1.807) is 0 Å². The number of hydrogen-bond acceptors (Lipinski definition) is 5. The molecule has 1 amide bonds. The van der Waals surface area contributed by atoms with Crippen LogP contribution in [0.2, 0.25) is 0 Å². The SMILES string of the molecule is Cc1cccc(N2CCN(CCCCNS(=O)(=O)c3cc4c(cc3F)NC(=O)CC4)CC2)c1. The molecule has 2 aliphatic rings. The summed E-state index contributed by atoms with van der Waals surface area (Å²) in [6.07, 6.45) is 2.22. The van der Waals surface area contributed by atoms with Crippen molar-refractivity contribution in [3.05, 3.63) is 53.3 Å². The molecule has 2 aromatic rings. The lowest BCUT2D eigenvalue weighted by Gasteiger charge is -2.36. The van der Waals surface area contributed by atoms with Gasteiger partial charge >= 0.3 is 0 Å². The Morgan fingerprint density at radius 3 is 2.61 bits per heavy atom. The Bertz CT molecular complexity index is 1110. The Balaban J connectivity index is 1.21. The molecule has 0 atom stereocenters. The number of anilines is 2. The summed E-state index contributed by atoms with van der Waals surface area (Å²) in [6.45, 7) is 7.21. The maximum atomic E-state index is 14.4. The first-order valence-electron chi connectivity index (χ1n) is 11.5. The van der Waals surface area contributed by atoms with Crippen molar-refractivity contribution in [2.45, 2.75) is 37.5 Å². The second-order valence-electron chi connectivity index (χ2n) is 8.76. The Morgan fingerprint density at radius 2 is 1.85 bits per heavy atom. The van der Waals surface area contributed by atoms with E-state index in [1.807, 2.05) is 0 Å². The number of nitrogens with zero attached hydrogens (tertiary/aromatic N) is 2. The number of sulfonamides is 1. The maximum Gasteiger partial charge on any atom is 0.243 e. The summed E-state index contributed by atoms with van der Waals surface area (Å²) in [4.78, 5) is 15.9. The van der Waals surface area contributed by atoms with Gasteiger partial charge in [0.25, 0.3) is 0 Å². The van der Waals surface area contributed by atoms with Crippen molar-refractivity contribution in [1.82, 2.24) is 9.62 Å². The third-order valence-corrected chi connectivity index (χ3v) is 7.75. The number of benzene rings is 2. The van der Waals surface area contributed by atoms with Crippen molar-refractivity contribution >= 4 is 27.3 Å². The van der Waals surface area contributed by atoms with Gasteiger partial charge in [-0.05, 0) is 68.1 Å². The largest absolute Gasteiger partial charge is 0.369 e. The van der Waals surface area contributed by atoms with E-state index in [1.165, 1.54) is 17.3 Å². The topological polar surface area (TPSA) is 81.8 Å². The number of carbonyl (C=O) groups excluding carboxylic acids is 1. The Labute approximate surface area is 195 Å². The molecule has 0 aliphatic carbocycles. The Kier molecular flexibility index (Phi) is 7.31. The van der Waals surface area contributed by atoms with Gasteiger partial charge in [0, 0.05) is 50.5 Å². The van der Waals surface area contributed by atoms with Crippen LogP contribution in [-0.2, 0) is 21.2 Å². The summed E-state index contributed by atoms with van der Waals surface area (Å²) in [7, 11) is -3.94. The molecular weight excluding hydrogens is 443 g/mol. The number of amides is 1. The van der Waals surface area contributed by atoms with E-state index in [9.17, 15) is 17.6 Å². The standard InChI is InChI=1S/C24H31FN4O3S/c1-18-5-4-6-20(15-18)29-13-11-28(12-14-29)10-3-2-9-26-33(31,32)23-16-19-7-8-24(30)27-22(19)17-21(23)25/h4-6,15-17,26H,2-3,7-14H2,1H3,(H,27,30). The lowest BCUT2D eigenvalue weighted by molar-refractivity contribution is -0.116. The zero-order valence-corrected chi connectivity index (χ0v) is 19.8. The van der Waals surface area contributed by atoms with Gasteiger partial charge in [-0.1, -0.05) is 12.1 Å². The zero-order chi connectivity index (χ0) is 23.4. The summed E-state index contributed by atoms with van der Waals surface area (Å²) in [5.41, 5.74) is 3.52. The summed E-state index contributed by atoms with van der Waals surface area (Å²) in [5.74, 6) is -1.04. The molecular formula is C24H31FN4O3S. The molecule has 2 N–H and O–H groups in total. The minimum Gasteiger partial charge on any atom is -0.369 e. The number of nitrogens with one attached hydrogen (secondary N) is 2. The van der Waals surface area contributed by atoms with Gasteiger partial charge in [-0.2, -0.15) is 0 Å². The van der Waals surface area contributed by atoms with Gasteiger partial charge in [0.2, 0.25) is 15.9 Å². The molecule has 2 aliphatic heterocycles. The van der Waals surface area contributed by atoms with Crippen LogP contribution in [-0.4, -0.2) is 58.5 Å². The van der Waals surface area contributed by atoms with E-state index in [0.29, 0.717) is 24.1 Å². The summed E-state index contributed by atoms with van der Waals surface area (Å²) >= 11 is 0. The van der Waals surface area contributed by atoms with Crippen LogP contribution >= 0.6 is 0 Å². The van der Waals surface area contributed by atoms with Gasteiger partial charge in [-0.25, -0.2) is 17.5 Å². The maximum absolute atomic E-state index is 14.4. The number of hydrogen-bond donors (Lipinski definition) is 2. The molecule has 2 aromatic carbocycles. The summed E-state index contributed by atoms with van der Waals surface area (Å²) in [5, 5.41) is 2.58. The van der Waals surface area contributed by atoms with Crippen molar-refractivity contribution in [1.29, 1.82) is 0 Å². The third kappa shape index (κ3) is 5.90. The van der Waals surface area contributed by atoms with Crippen LogP contribution in [0, 0.1) is 12.7 Å². The average molecular weight is 475 g/mol. The van der Waals surface area contributed by atoms with E-state index in [2.05, 4.69) is 51.0 Å². The summed E-state index contributed by atoms with van der Waals surface area (Å²) in [6, 6.07) is 11.0. The molecule has 0 bridgehead atoms. The lowest BCUT2D eigenvalue weighted by atomic mass is 10.0. The van der Waals surface area contributed by atoms with Gasteiger partial charge < -0.3 is 10.2 Å². The van der Waals surface area contributed by atoms with Crippen molar-refractivity contribution in [2.24, 2.45) is 0 Å². The molecule has 0 radical (unpaired) electrons. The number of piperazine rings is 1. The highest BCUT2D eigenvalue weighted by Crippen LogP contribution is 2.28. The van der Waals surface area contributed by atoms with Crippen LogP contribution in [0.4, 0.5) is 15.8 Å². The minimum absolute atomic E-state index is 0.188. The first-order valence-corrected chi connectivity index (χ1v) is 13.0. The van der Waals surface area contributed by atoms with E-state index in [0.717, 1.165) is 45.2 Å². The molecule has 0 spiro atoms. The van der Waals surface area contributed by atoms with Crippen LogP contribution in [0.1, 0.15) is 30.4 Å². The van der Waals surface area contributed by atoms with Gasteiger partial charge in [0.05, 0.1) is 0 Å². The highest BCUT2D eigenvalue weighted by molar-refractivity contribution is 7.89. The predicted molar refractivity (Wildman–Crippen MR) is 128 cm³/mol. The number of carbonyl (C=O) groups is 1. The van der Waals surface area contributed by atoms with Crippen LogP contribution in [0.5, 0.6) is 0 Å². The molecule has 9 heteroatoms. The summed E-state index contributed by atoms with van der Waals surface area (Å²) < 4.78 is 42.2. The lowest BCUT2D eigenvalue weighted by Crippen LogP contribution is -2.46. The molecule has 0 saturated carbocycles. The van der Waals surface area contributed by atoms with Gasteiger partial charge in [0.15, 0.2) is 0 Å². The average Bonchev–Trinajstić information content (AvgIpc) is 2.78. The molecule has 1 saturated heterocycles. The molecule has 7 nitrogen and oxygen atoms in total. The van der Waals surface area contributed by atoms with Crippen LogP contribution < -0.4 is 14.9 Å². The number of rotatable bonds is 8. The zero-order valence-electron chi connectivity index (χ0n) is 18.9. The minimum atomic E-state index is -3.94. The number of unbranched alkanes of at least 4 members (excludes halogenated alkanes) is 1. The number of aryl methyl sites for hydroxylation is 2. The fourth-order valence-corrected chi connectivity index (χ4v) is 5.57. The van der Waals surface area contributed by atoms with Crippen LogP contribution in [0.3, 0.4) is 0 Å². The van der Waals surface area contributed by atoms with E-state index >= 15 is 0 Å². The second-order valence-corrected chi connectivity index (χ2v) is 10.5. The fraction of sp³-hybridized carbons (Fsp3) is 0.458. The molecule has 178 valence electrons. The van der Waals surface area contributed by atoms with Crippen molar-refractivity contribution < 1.29 is 17.6 Å². The van der Waals surface area contributed by atoms with Crippen molar-refractivity contribution in [2.75, 3.05) is 49.5 Å². The monoisotopic (exact) mass is 474 g/mol. The van der Waals surface area contributed by atoms with E-state index < -0.39 is 15.8 Å². The second kappa shape index (κ2) is 10.2. The highest BCUT2D eigenvalue weighted by Gasteiger charge is 2.24. The van der Waals surface area contributed by atoms with Crippen LogP contribution in [0.25, 0.3) is 0 Å². The van der Waals surface area contributed by atoms with E-state index in [-0.39, 0.29) is 23.8 Å². The smallest absolute Gasteiger partial charge is 0.243 e. The molecule has 4 rings (SSSR count). The predicted octanol–water partition coefficient (Wildman–Crippen LogP) is 2.90. The quantitative estimate of drug-likeness (QED) is 0.575. The number of fused-ring (bicyclic) bond motifs is 1. The van der Waals surface area contributed by atoms with E-state index in [4.69, 9.17) is 0 Å². The van der Waals surface area contributed by atoms with Crippen molar-refractivity contribution in [3.63, 3.8) is 0 Å². The molecule has 0 unspecified atom stereocenters. The van der Waals surface area contributed by atoms with Crippen LogP contribution in [0.15, 0.2) is 41.3 Å².